The lowest BCUT2D eigenvalue weighted by atomic mass is 10.1. The van der Waals surface area contributed by atoms with E-state index in [1.165, 1.54) is 18.4 Å². The fourth-order valence-corrected chi connectivity index (χ4v) is 2.70. The zero-order chi connectivity index (χ0) is 11.4. The summed E-state index contributed by atoms with van der Waals surface area (Å²) >= 11 is 0. The molecule has 2 atom stereocenters. The Morgan fingerprint density at radius 1 is 1.19 bits per heavy atom. The van der Waals surface area contributed by atoms with Gasteiger partial charge in [0.1, 0.15) is 0 Å². The van der Waals surface area contributed by atoms with Gasteiger partial charge in [0.15, 0.2) is 0 Å². The molecule has 1 saturated heterocycles. The number of hydrogen-bond donors (Lipinski definition) is 1. The fourth-order valence-electron chi connectivity index (χ4n) is 2.70. The van der Waals surface area contributed by atoms with Gasteiger partial charge in [-0.25, -0.2) is 0 Å². The van der Waals surface area contributed by atoms with Crippen LogP contribution in [-0.2, 0) is 6.54 Å². The molecule has 88 valence electrons. The number of nitrogens with zero attached hydrogens (tertiary/aromatic N) is 1. The van der Waals surface area contributed by atoms with Crippen LogP contribution in [0.15, 0.2) is 30.3 Å². The summed E-state index contributed by atoms with van der Waals surface area (Å²) in [5.74, 6) is 0. The molecule has 0 radical (unpaired) electrons. The van der Waals surface area contributed by atoms with Crippen LogP contribution in [0.2, 0.25) is 0 Å². The van der Waals surface area contributed by atoms with Crippen LogP contribution in [0.3, 0.4) is 0 Å². The normalized spacial score (nSPS) is 26.1. The molecule has 16 heavy (non-hydrogen) atoms. The molecule has 2 heteroatoms. The molecule has 1 heterocycles. The molecular formula is C14H21NO. The highest BCUT2D eigenvalue weighted by Crippen LogP contribution is 2.27. The van der Waals surface area contributed by atoms with E-state index in [0.29, 0.717) is 18.7 Å². The van der Waals surface area contributed by atoms with Crippen molar-refractivity contribution in [2.75, 3.05) is 6.61 Å². The van der Waals surface area contributed by atoms with E-state index >= 15 is 0 Å². The Balaban J connectivity index is 2.06. The topological polar surface area (TPSA) is 23.5 Å². The number of hydrogen-bond acceptors (Lipinski definition) is 2. The van der Waals surface area contributed by atoms with E-state index in [0.717, 1.165) is 13.0 Å². The van der Waals surface area contributed by atoms with Gasteiger partial charge in [0.2, 0.25) is 0 Å². The van der Waals surface area contributed by atoms with Crippen molar-refractivity contribution in [2.45, 2.75) is 44.8 Å². The van der Waals surface area contributed by atoms with Crippen LogP contribution in [0.5, 0.6) is 0 Å². The average Bonchev–Trinajstić information content (AvgIpc) is 2.72. The van der Waals surface area contributed by atoms with E-state index < -0.39 is 0 Å². The van der Waals surface area contributed by atoms with E-state index in [2.05, 4.69) is 36.1 Å². The molecular weight excluding hydrogens is 198 g/mol. The lowest BCUT2D eigenvalue weighted by Gasteiger charge is -2.28. The van der Waals surface area contributed by atoms with Gasteiger partial charge in [0.05, 0.1) is 6.61 Å². The quantitative estimate of drug-likeness (QED) is 0.840. The summed E-state index contributed by atoms with van der Waals surface area (Å²) in [5, 5.41) is 9.39. The first-order valence-electron chi connectivity index (χ1n) is 6.25. The van der Waals surface area contributed by atoms with E-state index in [1.54, 1.807) is 0 Å². The van der Waals surface area contributed by atoms with Crippen LogP contribution >= 0.6 is 0 Å². The molecule has 0 saturated carbocycles. The number of likely N-dealkylation sites (tertiary alicyclic amines) is 1. The minimum atomic E-state index is 0.295. The first-order chi connectivity index (χ1) is 7.85. The summed E-state index contributed by atoms with van der Waals surface area (Å²) in [4.78, 5) is 2.47. The van der Waals surface area contributed by atoms with Crippen molar-refractivity contribution in [3.05, 3.63) is 35.9 Å². The number of rotatable bonds is 4. The van der Waals surface area contributed by atoms with Gasteiger partial charge in [-0.15, -0.1) is 0 Å². The minimum Gasteiger partial charge on any atom is -0.395 e. The van der Waals surface area contributed by atoms with Crippen molar-refractivity contribution in [3.8, 4) is 0 Å². The van der Waals surface area contributed by atoms with Gasteiger partial charge >= 0.3 is 0 Å². The van der Waals surface area contributed by atoms with Crippen LogP contribution in [0, 0.1) is 0 Å². The summed E-state index contributed by atoms with van der Waals surface area (Å²) in [5.41, 5.74) is 1.35. The predicted molar refractivity (Wildman–Crippen MR) is 66.2 cm³/mol. The Hall–Kier alpha value is -0.860. The standard InChI is InChI=1S/C14H21NO/c1-2-13-8-9-14(11-16)15(13)10-12-6-4-3-5-7-12/h3-7,13-14,16H,2,8-11H2,1H3. The summed E-state index contributed by atoms with van der Waals surface area (Å²) in [7, 11) is 0. The Kier molecular flexibility index (Phi) is 3.97. The molecule has 0 bridgehead atoms. The SMILES string of the molecule is CCC1CCC(CO)N1Cc1ccccc1. The third-order valence-electron chi connectivity index (χ3n) is 3.66. The van der Waals surface area contributed by atoms with Crippen LogP contribution in [0.1, 0.15) is 31.7 Å². The third kappa shape index (κ3) is 2.45. The largest absolute Gasteiger partial charge is 0.395 e. The monoisotopic (exact) mass is 219 g/mol. The lowest BCUT2D eigenvalue weighted by molar-refractivity contribution is 0.120. The Bertz CT molecular complexity index is 300. The van der Waals surface area contributed by atoms with Gasteiger partial charge in [-0.2, -0.15) is 0 Å². The van der Waals surface area contributed by atoms with E-state index in [1.807, 2.05) is 6.07 Å². The Morgan fingerprint density at radius 2 is 1.88 bits per heavy atom. The minimum absolute atomic E-state index is 0.295. The number of aliphatic hydroxyl groups is 1. The summed E-state index contributed by atoms with van der Waals surface area (Å²) < 4.78 is 0. The molecule has 1 aromatic carbocycles. The zero-order valence-electron chi connectivity index (χ0n) is 9.97. The smallest absolute Gasteiger partial charge is 0.0587 e. The van der Waals surface area contributed by atoms with Gasteiger partial charge in [0, 0.05) is 18.6 Å². The van der Waals surface area contributed by atoms with Crippen LogP contribution in [-0.4, -0.2) is 28.7 Å². The molecule has 1 aromatic rings. The van der Waals surface area contributed by atoms with Crippen LogP contribution in [0.25, 0.3) is 0 Å². The summed E-state index contributed by atoms with van der Waals surface area (Å²) in [6.07, 6.45) is 3.56. The highest BCUT2D eigenvalue weighted by molar-refractivity contribution is 5.15. The van der Waals surface area contributed by atoms with Crippen molar-refractivity contribution in [2.24, 2.45) is 0 Å². The summed E-state index contributed by atoms with van der Waals surface area (Å²) in [6.45, 7) is 3.51. The van der Waals surface area contributed by atoms with Gasteiger partial charge in [-0.1, -0.05) is 37.3 Å². The third-order valence-corrected chi connectivity index (χ3v) is 3.66. The molecule has 0 amide bonds. The fraction of sp³-hybridized carbons (Fsp3) is 0.571. The molecule has 1 fully saturated rings. The second kappa shape index (κ2) is 5.46. The van der Waals surface area contributed by atoms with Gasteiger partial charge in [-0.3, -0.25) is 4.90 Å². The van der Waals surface area contributed by atoms with Gasteiger partial charge in [-0.05, 0) is 24.8 Å². The van der Waals surface area contributed by atoms with Crippen molar-refractivity contribution < 1.29 is 5.11 Å². The van der Waals surface area contributed by atoms with E-state index in [4.69, 9.17) is 0 Å². The molecule has 2 unspecified atom stereocenters. The maximum atomic E-state index is 9.39. The van der Waals surface area contributed by atoms with Gasteiger partial charge in [0.25, 0.3) is 0 Å². The molecule has 0 aromatic heterocycles. The van der Waals surface area contributed by atoms with Crippen molar-refractivity contribution in [3.63, 3.8) is 0 Å². The van der Waals surface area contributed by atoms with Crippen molar-refractivity contribution in [1.29, 1.82) is 0 Å². The molecule has 2 nitrogen and oxygen atoms in total. The maximum Gasteiger partial charge on any atom is 0.0587 e. The molecule has 1 aliphatic rings. The van der Waals surface area contributed by atoms with E-state index in [9.17, 15) is 5.11 Å². The number of benzene rings is 1. The second-order valence-electron chi connectivity index (χ2n) is 4.63. The van der Waals surface area contributed by atoms with Gasteiger partial charge < -0.3 is 5.11 Å². The summed E-state index contributed by atoms with van der Waals surface area (Å²) in [6, 6.07) is 11.6. The first kappa shape index (κ1) is 11.6. The first-order valence-corrected chi connectivity index (χ1v) is 6.25. The lowest BCUT2D eigenvalue weighted by Crippen LogP contribution is -2.37. The molecule has 0 aliphatic carbocycles. The second-order valence-corrected chi connectivity index (χ2v) is 4.63. The molecule has 1 aliphatic heterocycles. The number of aliphatic hydroxyl groups excluding tert-OH is 1. The highest BCUT2D eigenvalue weighted by atomic mass is 16.3. The Morgan fingerprint density at radius 3 is 2.50 bits per heavy atom. The maximum absolute atomic E-state index is 9.39. The average molecular weight is 219 g/mol. The molecule has 2 rings (SSSR count). The highest BCUT2D eigenvalue weighted by Gasteiger charge is 2.31. The van der Waals surface area contributed by atoms with Crippen molar-refractivity contribution in [1.82, 2.24) is 4.90 Å². The molecule has 1 N–H and O–H groups in total. The molecule has 0 spiro atoms. The zero-order valence-corrected chi connectivity index (χ0v) is 9.97. The van der Waals surface area contributed by atoms with E-state index in [-0.39, 0.29) is 0 Å². The van der Waals surface area contributed by atoms with Crippen molar-refractivity contribution >= 4 is 0 Å². The van der Waals surface area contributed by atoms with Crippen LogP contribution in [0.4, 0.5) is 0 Å². The predicted octanol–water partition coefficient (Wildman–Crippen LogP) is 2.42. The Labute approximate surface area is 97.9 Å². The van der Waals surface area contributed by atoms with Crippen LogP contribution < -0.4 is 0 Å².